The zero-order valence-electron chi connectivity index (χ0n) is 44.3. The summed E-state index contributed by atoms with van der Waals surface area (Å²) in [6.07, 6.45) is 3.08. The highest BCUT2D eigenvalue weighted by atomic mass is 32.1. The van der Waals surface area contributed by atoms with Gasteiger partial charge in [-0.1, -0.05) is 57.2 Å². The Kier molecular flexibility index (Phi) is 20.0. The second-order valence-corrected chi connectivity index (χ2v) is 21.2. The minimum Gasteiger partial charge on any atom is -0.507 e. The number of anilines is 3. The van der Waals surface area contributed by atoms with Crippen molar-refractivity contribution in [3.63, 3.8) is 0 Å². The number of hydrogen-bond donors (Lipinski definition) is 5. The molecule has 21 nitrogen and oxygen atoms in total. The Labute approximate surface area is 453 Å². The Balaban J connectivity index is 0.637. The summed E-state index contributed by atoms with van der Waals surface area (Å²) in [4.78, 5) is 56.3. The van der Waals surface area contributed by atoms with Crippen molar-refractivity contribution in [3.05, 3.63) is 89.7 Å². The first-order chi connectivity index (χ1) is 37.2. The van der Waals surface area contributed by atoms with Crippen LogP contribution in [0.2, 0.25) is 0 Å². The van der Waals surface area contributed by atoms with E-state index < -0.39 is 35.4 Å². The maximum atomic E-state index is 13.9. The van der Waals surface area contributed by atoms with Crippen molar-refractivity contribution in [2.45, 2.75) is 83.8 Å². The molecule has 3 saturated heterocycles. The van der Waals surface area contributed by atoms with Gasteiger partial charge in [0, 0.05) is 68.2 Å². The van der Waals surface area contributed by atoms with E-state index in [1.54, 1.807) is 29.7 Å². The van der Waals surface area contributed by atoms with E-state index in [0.29, 0.717) is 75.8 Å². The van der Waals surface area contributed by atoms with Gasteiger partial charge in [0.1, 0.15) is 31.0 Å². The van der Waals surface area contributed by atoms with Gasteiger partial charge in [-0.15, -0.1) is 21.5 Å². The van der Waals surface area contributed by atoms with Crippen LogP contribution in [0, 0.1) is 12.3 Å². The monoisotopic (exact) mass is 1080 g/mol. The number of nitrogens with one attached hydrogen (secondary N) is 2. The number of hydrogen-bond acceptors (Lipinski definition) is 19. The second kappa shape index (κ2) is 27.2. The highest BCUT2D eigenvalue weighted by molar-refractivity contribution is 7.13. The summed E-state index contributed by atoms with van der Waals surface area (Å²) >= 11 is 1.57. The first kappa shape index (κ1) is 56.7. The number of carbonyl (C=O) groups is 3. The van der Waals surface area contributed by atoms with Crippen LogP contribution in [0.15, 0.2) is 78.4 Å². The van der Waals surface area contributed by atoms with Gasteiger partial charge in [0.05, 0.1) is 93.0 Å². The van der Waals surface area contributed by atoms with E-state index in [1.807, 2.05) is 87.8 Å². The van der Waals surface area contributed by atoms with E-state index in [9.17, 15) is 24.6 Å². The maximum absolute atomic E-state index is 13.9. The third kappa shape index (κ3) is 15.4. The number of pyridine rings is 1. The number of rotatable bonds is 27. The molecule has 2 bridgehead atoms. The van der Waals surface area contributed by atoms with Crippen LogP contribution in [-0.2, 0) is 44.6 Å². The van der Waals surface area contributed by atoms with Crippen molar-refractivity contribution in [2.24, 2.45) is 5.41 Å². The third-order valence-corrected chi connectivity index (χ3v) is 14.7. The molecule has 2 aromatic carbocycles. The number of aromatic hydroxyl groups is 1. The molecule has 3 aromatic heterocycles. The highest BCUT2D eigenvalue weighted by Crippen LogP contribution is 2.40. The molecule has 0 unspecified atom stereocenters. The Hall–Kier alpha value is -6.53. The molecule has 0 aliphatic carbocycles. The molecular formula is C55H72N10O11S. The van der Waals surface area contributed by atoms with Crippen LogP contribution in [0.25, 0.3) is 21.7 Å². The number of aryl methyl sites for hydroxylation is 1. The van der Waals surface area contributed by atoms with Gasteiger partial charge in [-0.25, -0.2) is 9.97 Å². The van der Waals surface area contributed by atoms with Crippen LogP contribution < -0.4 is 30.9 Å². The number of nitrogen functional groups attached to an aromatic ring is 1. The number of aliphatic hydroxyl groups is 1. The molecule has 3 aliphatic rings. The molecule has 6 heterocycles. The normalized spacial score (nSPS) is 18.6. The average molecular weight is 1080 g/mol. The predicted octanol–water partition coefficient (Wildman–Crippen LogP) is 4.39. The molecule has 3 fully saturated rings. The first-order valence-electron chi connectivity index (χ1n) is 26.2. The van der Waals surface area contributed by atoms with Gasteiger partial charge in [0.25, 0.3) is 0 Å². The van der Waals surface area contributed by atoms with Crippen LogP contribution in [0.5, 0.6) is 11.6 Å². The number of ether oxygens (including phenoxy) is 6. The summed E-state index contributed by atoms with van der Waals surface area (Å²) < 4.78 is 34.0. The summed E-state index contributed by atoms with van der Waals surface area (Å²) in [5.74, 6) is -0.262. The number of carbonyl (C=O) groups excluding carboxylic acids is 3. The van der Waals surface area contributed by atoms with Crippen molar-refractivity contribution in [1.29, 1.82) is 0 Å². The van der Waals surface area contributed by atoms with E-state index in [2.05, 4.69) is 40.6 Å². The van der Waals surface area contributed by atoms with Gasteiger partial charge in [0.2, 0.25) is 23.6 Å². The number of thiazole rings is 1. The third-order valence-electron chi connectivity index (χ3n) is 13.7. The number of piperazine rings is 1. The number of amides is 3. The quantitative estimate of drug-likeness (QED) is 0.0457. The fourth-order valence-corrected chi connectivity index (χ4v) is 10.7. The number of nitrogens with zero attached hydrogens (tertiary/aromatic N) is 7. The molecule has 414 valence electrons. The van der Waals surface area contributed by atoms with E-state index in [4.69, 9.17) is 34.2 Å². The van der Waals surface area contributed by atoms with E-state index >= 15 is 0 Å². The summed E-state index contributed by atoms with van der Waals surface area (Å²) in [5.41, 5.74) is 13.4. The second-order valence-electron chi connectivity index (χ2n) is 20.4. The average Bonchev–Trinajstić information content (AvgIpc) is 4.16. The van der Waals surface area contributed by atoms with Crippen molar-refractivity contribution >= 4 is 46.3 Å². The maximum Gasteiger partial charge on any atom is 0.246 e. The van der Waals surface area contributed by atoms with Crippen LogP contribution >= 0.6 is 11.3 Å². The van der Waals surface area contributed by atoms with Crippen molar-refractivity contribution in [1.82, 2.24) is 35.7 Å². The molecule has 22 heteroatoms. The largest absolute Gasteiger partial charge is 0.507 e. The number of nitrogens with two attached hydrogens (primary N) is 1. The molecule has 0 radical (unpaired) electrons. The molecule has 3 aliphatic heterocycles. The standard InChI is InChI=1S/C55H72N10O11S/c1-36-50(77-35-59-36)38-11-9-37(10-12-38)30-58-53(69)46-28-42(66)33-64(46)54(70)51(55(2,3)4)60-48(68)34-75-24-23-73-20-19-71-17-18-72-21-22-74-25-26-76-49-27-39(15-16-57-49)65-40-13-14-41(65)32-63(31-40)45-29-44(61-62-52(45)56)43-7-5-6-8-47(43)67/h5-12,15-16,27,29,35,40-42,46,51,66-67H,13-14,17-26,28,30-34H2,1-4H3,(H2,56,62)(H,58,69)(H,60,68)/t40-,41+,42-,46+,51-/m1/s1. The van der Waals surface area contributed by atoms with Crippen molar-refractivity contribution in [2.75, 3.05) is 108 Å². The topological polar surface area (TPSA) is 258 Å². The van der Waals surface area contributed by atoms with Crippen molar-refractivity contribution < 1.29 is 53.0 Å². The number of fused-ring (bicyclic) bond motifs is 2. The van der Waals surface area contributed by atoms with Gasteiger partial charge in [0.15, 0.2) is 5.82 Å². The lowest BCUT2D eigenvalue weighted by atomic mass is 9.85. The molecule has 0 spiro atoms. The Bertz CT molecular complexity index is 2710. The number of benzene rings is 2. The first-order valence-corrected chi connectivity index (χ1v) is 27.1. The molecule has 5 aromatic rings. The Morgan fingerprint density at radius 3 is 2.10 bits per heavy atom. The minimum atomic E-state index is -0.968. The van der Waals surface area contributed by atoms with Crippen molar-refractivity contribution in [3.8, 4) is 33.3 Å². The fraction of sp³-hybridized carbons (Fsp3) is 0.509. The number of phenolic OH excluding ortho intramolecular Hbond substituents is 1. The van der Waals surface area contributed by atoms with Gasteiger partial charge in [-0.3, -0.25) is 14.4 Å². The minimum absolute atomic E-state index is 0.0192. The molecular weight excluding hydrogens is 1010 g/mol. The van der Waals surface area contributed by atoms with Gasteiger partial charge in [-0.2, -0.15) is 0 Å². The lowest BCUT2D eigenvalue weighted by Crippen LogP contribution is -2.58. The Morgan fingerprint density at radius 2 is 1.47 bits per heavy atom. The number of likely N-dealkylation sites (tertiary alicyclic amines) is 1. The van der Waals surface area contributed by atoms with Crippen LogP contribution in [-0.4, -0.2) is 176 Å². The lowest BCUT2D eigenvalue weighted by Gasteiger charge is -2.43. The number of para-hydroxylation sites is 1. The number of β-amino-alcohol motifs (C(OH)–C–C–N with tert-alkyl or cyclic N) is 1. The molecule has 6 N–H and O–H groups in total. The summed E-state index contributed by atoms with van der Waals surface area (Å²) in [6.45, 7) is 12.3. The summed E-state index contributed by atoms with van der Waals surface area (Å²) in [6, 6.07) is 19.5. The van der Waals surface area contributed by atoms with Gasteiger partial charge in [-0.05, 0) is 60.6 Å². The summed E-state index contributed by atoms with van der Waals surface area (Å²) in [7, 11) is 0. The highest BCUT2D eigenvalue weighted by Gasteiger charge is 2.45. The van der Waals surface area contributed by atoms with Crippen LogP contribution in [0.1, 0.15) is 51.3 Å². The summed E-state index contributed by atoms with van der Waals surface area (Å²) in [5, 5.41) is 35.2. The molecule has 77 heavy (non-hydrogen) atoms. The van der Waals surface area contributed by atoms with Crippen LogP contribution in [0.4, 0.5) is 17.2 Å². The number of phenols is 1. The zero-order chi connectivity index (χ0) is 54.3. The van der Waals surface area contributed by atoms with E-state index in [1.165, 1.54) is 4.90 Å². The predicted molar refractivity (Wildman–Crippen MR) is 291 cm³/mol. The van der Waals surface area contributed by atoms with Crippen LogP contribution in [0.3, 0.4) is 0 Å². The molecule has 3 amide bonds. The molecule has 0 saturated carbocycles. The molecule has 5 atom stereocenters. The molecule has 8 rings (SSSR count). The van der Waals surface area contributed by atoms with Gasteiger partial charge < -0.3 is 69.7 Å². The van der Waals surface area contributed by atoms with E-state index in [0.717, 1.165) is 59.0 Å². The fourth-order valence-electron chi connectivity index (χ4n) is 9.86. The van der Waals surface area contributed by atoms with E-state index in [-0.39, 0.29) is 63.1 Å². The Morgan fingerprint density at radius 1 is 0.818 bits per heavy atom. The number of aromatic nitrogens is 4. The lowest BCUT2D eigenvalue weighted by molar-refractivity contribution is -0.144. The SMILES string of the molecule is Cc1ncsc1-c1ccc(CNC(=O)[C@@H]2C[C@@H](O)CN2C(=O)[C@@H](NC(=O)COCCOCCOCCOCCOCCOc2cc(N3[C@@H]4CC[C@H]3CN(c3cc(-c5ccccc5O)nnc3N)C4)ccn2)C(C)(C)C)cc1. The zero-order valence-corrected chi connectivity index (χ0v) is 45.1. The van der Waals surface area contributed by atoms with Gasteiger partial charge >= 0.3 is 0 Å². The number of aliphatic hydroxyl groups excluding tert-OH is 1. The smallest absolute Gasteiger partial charge is 0.246 e.